The van der Waals surface area contributed by atoms with Crippen molar-refractivity contribution in [1.82, 2.24) is 5.32 Å². The topological polar surface area (TPSA) is 72.5 Å². The predicted molar refractivity (Wildman–Crippen MR) is 91.8 cm³/mol. The highest BCUT2D eigenvalue weighted by molar-refractivity contribution is 7.92. The lowest BCUT2D eigenvalue weighted by atomic mass is 9.77. The largest absolute Gasteiger partial charge is 0.381 e. The number of ether oxygens (including phenoxy) is 1. The van der Waals surface area contributed by atoms with Crippen molar-refractivity contribution < 1.29 is 17.9 Å². The van der Waals surface area contributed by atoms with E-state index in [9.17, 15) is 13.2 Å². The molecule has 0 spiro atoms. The van der Waals surface area contributed by atoms with Crippen LogP contribution >= 0.6 is 0 Å². The number of benzene rings is 1. The number of ketones is 1. The third kappa shape index (κ3) is 3.03. The van der Waals surface area contributed by atoms with Crippen molar-refractivity contribution in [2.24, 2.45) is 5.92 Å². The number of piperidine rings is 1. The Balaban J connectivity index is 1.88. The van der Waals surface area contributed by atoms with Crippen molar-refractivity contribution in [3.63, 3.8) is 0 Å². The molecule has 132 valence electrons. The first-order chi connectivity index (χ1) is 11.3. The molecule has 6 heteroatoms. The third-order valence-electron chi connectivity index (χ3n) is 5.57. The monoisotopic (exact) mass is 351 g/mol. The molecule has 24 heavy (non-hydrogen) atoms. The Morgan fingerprint density at radius 1 is 1.17 bits per heavy atom. The molecule has 1 aliphatic heterocycles. The van der Waals surface area contributed by atoms with Gasteiger partial charge < -0.3 is 10.1 Å². The molecule has 2 aliphatic rings. The fourth-order valence-electron chi connectivity index (χ4n) is 3.82. The van der Waals surface area contributed by atoms with E-state index in [0.29, 0.717) is 6.42 Å². The van der Waals surface area contributed by atoms with Gasteiger partial charge in [-0.1, -0.05) is 6.07 Å². The first-order valence-electron chi connectivity index (χ1n) is 8.45. The lowest BCUT2D eigenvalue weighted by Crippen LogP contribution is -2.58. The minimum absolute atomic E-state index is 0.0417. The highest BCUT2D eigenvalue weighted by Crippen LogP contribution is 2.33. The normalized spacial score (nSPS) is 30.9. The first-order valence-corrected chi connectivity index (χ1v) is 10.00. The van der Waals surface area contributed by atoms with E-state index in [4.69, 9.17) is 4.74 Å². The van der Waals surface area contributed by atoms with Gasteiger partial charge in [0.05, 0.1) is 11.0 Å². The molecule has 2 fully saturated rings. The SMILES string of the molecule is COC1CCC2NCC(S(=O)(=O)c3ccc(C)c(C)c3)C(=O)C2C1. The minimum Gasteiger partial charge on any atom is -0.381 e. The van der Waals surface area contributed by atoms with Crippen molar-refractivity contribution >= 4 is 15.6 Å². The molecule has 4 unspecified atom stereocenters. The maximum atomic E-state index is 13.0. The number of rotatable bonds is 3. The van der Waals surface area contributed by atoms with Gasteiger partial charge in [-0.25, -0.2) is 8.42 Å². The smallest absolute Gasteiger partial charge is 0.189 e. The van der Waals surface area contributed by atoms with E-state index < -0.39 is 15.1 Å². The molecule has 1 aromatic rings. The molecule has 3 rings (SSSR count). The Morgan fingerprint density at radius 2 is 1.92 bits per heavy atom. The second-order valence-corrected chi connectivity index (χ2v) is 9.10. The average molecular weight is 351 g/mol. The number of nitrogens with one attached hydrogen (secondary N) is 1. The highest BCUT2D eigenvalue weighted by Gasteiger charge is 2.46. The number of methoxy groups -OCH3 is 1. The van der Waals surface area contributed by atoms with Crippen molar-refractivity contribution in [3.8, 4) is 0 Å². The molecule has 1 saturated heterocycles. The van der Waals surface area contributed by atoms with Crippen LogP contribution < -0.4 is 5.32 Å². The number of Topliss-reactive ketones (excluding diaryl/α,β-unsaturated/α-hetero) is 1. The second-order valence-electron chi connectivity index (χ2n) is 6.97. The molecule has 1 aromatic carbocycles. The summed E-state index contributed by atoms with van der Waals surface area (Å²) in [6.07, 6.45) is 2.41. The van der Waals surface area contributed by atoms with Crippen LogP contribution in [-0.4, -0.2) is 45.3 Å². The Labute approximate surface area is 143 Å². The number of fused-ring (bicyclic) bond motifs is 1. The summed E-state index contributed by atoms with van der Waals surface area (Å²) in [5, 5.41) is 2.29. The second kappa shape index (κ2) is 6.58. The zero-order valence-electron chi connectivity index (χ0n) is 14.4. The summed E-state index contributed by atoms with van der Waals surface area (Å²) in [5.41, 5.74) is 1.96. The summed E-state index contributed by atoms with van der Waals surface area (Å²) in [6.45, 7) is 4.03. The molecule has 4 atom stereocenters. The average Bonchev–Trinajstić information content (AvgIpc) is 2.57. The summed E-state index contributed by atoms with van der Waals surface area (Å²) in [4.78, 5) is 13.2. The van der Waals surface area contributed by atoms with Gasteiger partial charge in [0, 0.05) is 25.6 Å². The van der Waals surface area contributed by atoms with E-state index in [1.165, 1.54) is 0 Å². The molecule has 0 aromatic heterocycles. The number of carbonyl (C=O) groups excluding carboxylic acids is 1. The lowest BCUT2D eigenvalue weighted by Gasteiger charge is -2.40. The van der Waals surface area contributed by atoms with Crippen LogP contribution in [0.2, 0.25) is 0 Å². The minimum atomic E-state index is -3.68. The van der Waals surface area contributed by atoms with Gasteiger partial charge in [0.25, 0.3) is 0 Å². The van der Waals surface area contributed by atoms with E-state index in [0.717, 1.165) is 24.0 Å². The van der Waals surface area contributed by atoms with Gasteiger partial charge in [-0.2, -0.15) is 0 Å². The van der Waals surface area contributed by atoms with Crippen LogP contribution in [0.4, 0.5) is 0 Å². The standard InChI is InChI=1S/C18H25NO4S/c1-11-4-6-14(8-12(11)2)24(21,22)17-10-19-16-7-5-13(23-3)9-15(16)18(17)20/h4,6,8,13,15-17,19H,5,7,9-10H2,1-3H3. The van der Waals surface area contributed by atoms with Gasteiger partial charge in [-0.3, -0.25) is 4.79 Å². The predicted octanol–water partition coefficient (Wildman–Crippen LogP) is 1.80. The van der Waals surface area contributed by atoms with Crippen molar-refractivity contribution in [2.45, 2.75) is 55.4 Å². The molecule has 0 bridgehead atoms. The summed E-state index contributed by atoms with van der Waals surface area (Å²) >= 11 is 0. The Morgan fingerprint density at radius 3 is 2.58 bits per heavy atom. The number of hydrogen-bond acceptors (Lipinski definition) is 5. The molecule has 1 heterocycles. The molecular weight excluding hydrogens is 326 g/mol. The molecule has 0 amide bonds. The maximum absolute atomic E-state index is 13.0. The van der Waals surface area contributed by atoms with Gasteiger partial charge in [0.15, 0.2) is 15.6 Å². The first kappa shape index (κ1) is 17.6. The summed E-state index contributed by atoms with van der Waals surface area (Å²) in [7, 11) is -2.03. The molecule has 1 saturated carbocycles. The number of carbonyl (C=O) groups is 1. The fourth-order valence-corrected chi connectivity index (χ4v) is 5.54. The molecule has 0 radical (unpaired) electrons. The lowest BCUT2D eigenvalue weighted by molar-refractivity contribution is -0.128. The van der Waals surface area contributed by atoms with Crippen LogP contribution in [0.25, 0.3) is 0 Å². The number of hydrogen-bond donors (Lipinski definition) is 1. The Hall–Kier alpha value is -1.24. The van der Waals surface area contributed by atoms with Gasteiger partial charge in [-0.15, -0.1) is 0 Å². The zero-order chi connectivity index (χ0) is 17.5. The number of sulfone groups is 1. The van der Waals surface area contributed by atoms with Crippen LogP contribution in [0.15, 0.2) is 23.1 Å². The molecule has 5 nitrogen and oxygen atoms in total. The quantitative estimate of drug-likeness (QED) is 0.899. The van der Waals surface area contributed by atoms with Crippen molar-refractivity contribution in [3.05, 3.63) is 29.3 Å². The van der Waals surface area contributed by atoms with Crippen molar-refractivity contribution in [1.29, 1.82) is 0 Å². The van der Waals surface area contributed by atoms with Crippen LogP contribution in [0.1, 0.15) is 30.4 Å². The van der Waals surface area contributed by atoms with Gasteiger partial charge in [0.2, 0.25) is 0 Å². The molecule has 1 aliphatic carbocycles. The van der Waals surface area contributed by atoms with Crippen LogP contribution in [-0.2, 0) is 19.4 Å². The van der Waals surface area contributed by atoms with Crippen LogP contribution in [0, 0.1) is 19.8 Å². The van der Waals surface area contributed by atoms with Crippen LogP contribution in [0.5, 0.6) is 0 Å². The molecule has 1 N–H and O–H groups in total. The highest BCUT2D eigenvalue weighted by atomic mass is 32.2. The number of aryl methyl sites for hydroxylation is 2. The van der Waals surface area contributed by atoms with Gasteiger partial charge in [0.1, 0.15) is 5.25 Å². The fraction of sp³-hybridized carbons (Fsp3) is 0.611. The third-order valence-corrected chi connectivity index (χ3v) is 7.62. The van der Waals surface area contributed by atoms with Crippen molar-refractivity contribution in [2.75, 3.05) is 13.7 Å². The van der Waals surface area contributed by atoms with E-state index in [-0.39, 0.29) is 35.3 Å². The van der Waals surface area contributed by atoms with E-state index in [1.807, 2.05) is 13.8 Å². The van der Waals surface area contributed by atoms with E-state index >= 15 is 0 Å². The van der Waals surface area contributed by atoms with E-state index in [1.54, 1.807) is 25.3 Å². The Bertz CT molecular complexity index is 743. The summed E-state index contributed by atoms with van der Waals surface area (Å²) in [5.74, 6) is -0.428. The van der Waals surface area contributed by atoms with Gasteiger partial charge >= 0.3 is 0 Å². The maximum Gasteiger partial charge on any atom is 0.189 e. The summed E-state index contributed by atoms with van der Waals surface area (Å²) in [6, 6.07) is 5.15. The Kier molecular flexibility index (Phi) is 4.82. The van der Waals surface area contributed by atoms with Crippen LogP contribution in [0.3, 0.4) is 0 Å². The summed E-state index contributed by atoms with van der Waals surface area (Å²) < 4.78 is 31.4. The van der Waals surface area contributed by atoms with E-state index in [2.05, 4.69) is 5.32 Å². The van der Waals surface area contributed by atoms with Gasteiger partial charge in [-0.05, 0) is 56.4 Å². The molecular formula is C18H25NO4S. The zero-order valence-corrected chi connectivity index (χ0v) is 15.2.